The molecule has 3 fully saturated rings. The van der Waals surface area contributed by atoms with Gasteiger partial charge in [0.25, 0.3) is 0 Å². The number of hydrogen-bond acceptors (Lipinski definition) is 16. The Bertz CT molecular complexity index is 717. The van der Waals surface area contributed by atoms with Crippen LogP contribution in [-0.2, 0) is 47.6 Å². The van der Waals surface area contributed by atoms with E-state index in [4.69, 9.17) is 28.4 Å². The van der Waals surface area contributed by atoms with Gasteiger partial charge in [0.1, 0.15) is 75.3 Å². The van der Waals surface area contributed by atoms with Gasteiger partial charge in [0.2, 0.25) is 0 Å². The summed E-state index contributed by atoms with van der Waals surface area (Å²) in [5.74, 6) is -2.93. The molecule has 0 amide bonds. The molecule has 0 aromatic carbocycles. The minimum atomic E-state index is -1.75. The molecule has 0 aromatic rings. The van der Waals surface area contributed by atoms with Crippen LogP contribution in [0.2, 0.25) is 0 Å². The van der Waals surface area contributed by atoms with E-state index in [2.05, 4.69) is 0 Å². The highest BCUT2D eigenvalue weighted by Crippen LogP contribution is 2.24. The predicted molar refractivity (Wildman–Crippen MR) is 116 cm³/mol. The average Bonchev–Trinajstić information content (AvgIpc) is 2.89. The van der Waals surface area contributed by atoms with Crippen LogP contribution in [0.25, 0.3) is 0 Å². The molecule has 216 valence electrons. The third-order valence-electron chi connectivity index (χ3n) is 6.19. The van der Waals surface area contributed by atoms with Gasteiger partial charge in [0.05, 0.1) is 12.8 Å². The standard InChI is InChI=1S/C22H32O16/c23-9-1-3-13(25)33-7-11-15(27)18(30)20(32)22(38-11)36-6-10(24)2-4-14(26)34-8-12-16(28)17(29)19(31)21(37-12)35-5-9/h11-12,15-22,27-32H,1-8H2/t11-,12+,15-,16+,17-,18-,19-,20+,21-,22-/m0/s1. The van der Waals surface area contributed by atoms with Crippen LogP contribution in [0, 0.1) is 0 Å². The normalized spacial score (nSPS) is 41.3. The first kappa shape index (κ1) is 30.4. The number of esters is 2. The van der Waals surface area contributed by atoms with Gasteiger partial charge in [-0.25, -0.2) is 0 Å². The summed E-state index contributed by atoms with van der Waals surface area (Å²) in [6, 6.07) is 0. The van der Waals surface area contributed by atoms with E-state index >= 15 is 0 Å². The van der Waals surface area contributed by atoms with E-state index in [1.54, 1.807) is 0 Å². The van der Waals surface area contributed by atoms with Crippen LogP contribution < -0.4 is 0 Å². The second-order valence-electron chi connectivity index (χ2n) is 9.09. The molecule has 0 unspecified atom stereocenters. The molecule has 0 aliphatic carbocycles. The highest BCUT2D eigenvalue weighted by atomic mass is 16.7. The summed E-state index contributed by atoms with van der Waals surface area (Å²) < 4.78 is 31.0. The largest absolute Gasteiger partial charge is 0.463 e. The van der Waals surface area contributed by atoms with Gasteiger partial charge in [0.15, 0.2) is 24.1 Å². The average molecular weight is 552 g/mol. The van der Waals surface area contributed by atoms with E-state index in [1.165, 1.54) is 0 Å². The molecule has 0 saturated carbocycles. The molecule has 38 heavy (non-hydrogen) atoms. The van der Waals surface area contributed by atoms with Gasteiger partial charge in [0, 0.05) is 12.8 Å². The summed E-state index contributed by atoms with van der Waals surface area (Å²) in [6.07, 6.45) is -17.6. The molecule has 3 heterocycles. The molecule has 3 aliphatic rings. The predicted octanol–water partition coefficient (Wildman–Crippen LogP) is -4.57. The minimum Gasteiger partial charge on any atom is -0.463 e. The lowest BCUT2D eigenvalue weighted by Crippen LogP contribution is -2.59. The van der Waals surface area contributed by atoms with E-state index in [9.17, 15) is 49.8 Å². The van der Waals surface area contributed by atoms with Gasteiger partial charge >= 0.3 is 11.9 Å². The molecule has 4 bridgehead atoms. The number of ketones is 2. The summed E-state index contributed by atoms with van der Waals surface area (Å²) in [5, 5.41) is 60.6. The number of carbonyl (C=O) groups is 4. The van der Waals surface area contributed by atoms with Gasteiger partial charge in [-0.1, -0.05) is 0 Å². The number of cyclic esters (lactones) is 2. The number of aliphatic hydroxyl groups is 6. The van der Waals surface area contributed by atoms with E-state index in [0.717, 1.165) is 0 Å². The summed E-state index contributed by atoms with van der Waals surface area (Å²) in [4.78, 5) is 48.4. The molecular weight excluding hydrogens is 520 g/mol. The number of hydrogen-bond donors (Lipinski definition) is 6. The second kappa shape index (κ2) is 13.8. The first-order valence-electron chi connectivity index (χ1n) is 11.9. The van der Waals surface area contributed by atoms with Crippen molar-refractivity contribution < 1.29 is 78.2 Å². The molecule has 16 nitrogen and oxygen atoms in total. The number of Topliss-reactive ketones (excluding diaryl/α,β-unsaturated/α-hetero) is 2. The van der Waals surface area contributed by atoms with E-state index in [1.807, 2.05) is 0 Å². The third-order valence-corrected chi connectivity index (χ3v) is 6.19. The quantitative estimate of drug-likeness (QED) is 0.155. The highest BCUT2D eigenvalue weighted by molar-refractivity contribution is 5.84. The fourth-order valence-corrected chi connectivity index (χ4v) is 3.86. The molecule has 16 heteroatoms. The van der Waals surface area contributed by atoms with Crippen LogP contribution in [-0.4, -0.2) is 142 Å². The molecule has 6 N–H and O–H groups in total. The van der Waals surface area contributed by atoms with Crippen molar-refractivity contribution in [1.29, 1.82) is 0 Å². The molecule has 3 rings (SSSR count). The van der Waals surface area contributed by atoms with Gasteiger partial charge in [-0.15, -0.1) is 0 Å². The van der Waals surface area contributed by atoms with Crippen molar-refractivity contribution in [2.75, 3.05) is 26.4 Å². The molecule has 0 aromatic heterocycles. The monoisotopic (exact) mass is 552 g/mol. The lowest BCUT2D eigenvalue weighted by Gasteiger charge is -2.40. The van der Waals surface area contributed by atoms with Crippen LogP contribution in [0.4, 0.5) is 0 Å². The molecule has 0 spiro atoms. The highest BCUT2D eigenvalue weighted by Gasteiger charge is 2.46. The van der Waals surface area contributed by atoms with Crippen molar-refractivity contribution in [2.45, 2.75) is 87.1 Å². The number of aliphatic hydroxyl groups excluding tert-OH is 6. The molecule has 10 atom stereocenters. The van der Waals surface area contributed by atoms with E-state index in [0.29, 0.717) is 0 Å². The Hall–Kier alpha value is -2.12. The Kier molecular flexibility index (Phi) is 11.0. The van der Waals surface area contributed by atoms with Gasteiger partial charge < -0.3 is 59.1 Å². The Morgan fingerprint density at radius 1 is 0.500 bits per heavy atom. The van der Waals surface area contributed by atoms with Crippen LogP contribution in [0.5, 0.6) is 0 Å². The zero-order valence-electron chi connectivity index (χ0n) is 20.2. The topological polar surface area (TPSA) is 245 Å². The van der Waals surface area contributed by atoms with Crippen molar-refractivity contribution in [3.63, 3.8) is 0 Å². The SMILES string of the molecule is O=C1CCC(=O)OC[C@@H]2O[C@H](OCC(=O)CCC(=O)OC[C@H]3O[C@H](OC1)[C@@H](O)[C@@H](O)[C@@H]3O)[C@H](O)[C@@H](O)[C@H]2O. The summed E-state index contributed by atoms with van der Waals surface area (Å²) >= 11 is 0. The van der Waals surface area contributed by atoms with Crippen molar-refractivity contribution in [1.82, 2.24) is 0 Å². The minimum absolute atomic E-state index is 0.350. The first-order valence-corrected chi connectivity index (χ1v) is 11.9. The Morgan fingerprint density at radius 3 is 1.24 bits per heavy atom. The number of carbonyl (C=O) groups excluding carboxylic acids is 4. The smallest absolute Gasteiger partial charge is 0.306 e. The third kappa shape index (κ3) is 7.95. The van der Waals surface area contributed by atoms with E-state index in [-0.39, 0.29) is 12.8 Å². The van der Waals surface area contributed by atoms with Crippen LogP contribution in [0.3, 0.4) is 0 Å². The van der Waals surface area contributed by atoms with Crippen LogP contribution >= 0.6 is 0 Å². The maximum absolute atomic E-state index is 12.1. The van der Waals surface area contributed by atoms with Crippen molar-refractivity contribution >= 4 is 23.5 Å². The van der Waals surface area contributed by atoms with Gasteiger partial charge in [-0.3, -0.25) is 19.2 Å². The number of ether oxygens (including phenoxy) is 6. The Morgan fingerprint density at radius 2 is 0.868 bits per heavy atom. The molecule has 0 radical (unpaired) electrons. The zero-order chi connectivity index (χ0) is 28.0. The molecule has 3 saturated heterocycles. The summed E-state index contributed by atoms with van der Waals surface area (Å²) in [7, 11) is 0. The lowest BCUT2D eigenvalue weighted by atomic mass is 9.99. The maximum atomic E-state index is 12.1. The molecular formula is C22H32O16. The summed E-state index contributed by atoms with van der Waals surface area (Å²) in [6.45, 7) is -2.42. The fraction of sp³-hybridized carbons (Fsp3) is 0.818. The maximum Gasteiger partial charge on any atom is 0.306 e. The van der Waals surface area contributed by atoms with Gasteiger partial charge in [-0.05, 0) is 0 Å². The fourth-order valence-electron chi connectivity index (χ4n) is 3.86. The van der Waals surface area contributed by atoms with Crippen molar-refractivity contribution in [3.8, 4) is 0 Å². The summed E-state index contributed by atoms with van der Waals surface area (Å²) in [5.41, 5.74) is 0. The zero-order valence-corrected chi connectivity index (χ0v) is 20.2. The lowest BCUT2D eigenvalue weighted by molar-refractivity contribution is -0.300. The van der Waals surface area contributed by atoms with Gasteiger partial charge in [-0.2, -0.15) is 0 Å². The Labute approximate surface area is 215 Å². The molecule has 3 aliphatic heterocycles. The second-order valence-corrected chi connectivity index (χ2v) is 9.09. The first-order chi connectivity index (χ1) is 18.0. The van der Waals surface area contributed by atoms with E-state index < -0.39 is 124 Å². The Balaban J connectivity index is 1.67. The van der Waals surface area contributed by atoms with Crippen LogP contribution in [0.1, 0.15) is 25.7 Å². The van der Waals surface area contributed by atoms with Crippen LogP contribution in [0.15, 0.2) is 0 Å². The van der Waals surface area contributed by atoms with Crippen molar-refractivity contribution in [3.05, 3.63) is 0 Å². The number of fused-ring (bicyclic) bond motifs is 4. The number of rotatable bonds is 0. The van der Waals surface area contributed by atoms with Crippen molar-refractivity contribution in [2.24, 2.45) is 0 Å².